The third kappa shape index (κ3) is 6.22. The summed E-state index contributed by atoms with van der Waals surface area (Å²) in [5, 5.41) is 0. The van der Waals surface area contributed by atoms with E-state index in [1.54, 1.807) is 0 Å². The van der Waals surface area contributed by atoms with Crippen LogP contribution in [-0.2, 0) is 19.1 Å². The molecule has 0 amide bonds. The summed E-state index contributed by atoms with van der Waals surface area (Å²) in [7, 11) is 0. The first kappa shape index (κ1) is 18.7. The van der Waals surface area contributed by atoms with Crippen LogP contribution in [0.4, 0.5) is 0 Å². The number of esters is 2. The van der Waals surface area contributed by atoms with Gasteiger partial charge in [0.25, 0.3) is 0 Å². The van der Waals surface area contributed by atoms with Crippen molar-refractivity contribution >= 4 is 11.9 Å². The van der Waals surface area contributed by atoms with Gasteiger partial charge in [-0.2, -0.15) is 0 Å². The molecule has 0 aliphatic heterocycles. The van der Waals surface area contributed by atoms with Crippen LogP contribution in [-0.4, -0.2) is 18.5 Å². The van der Waals surface area contributed by atoms with E-state index in [4.69, 9.17) is 4.74 Å². The molecular weight excluding hydrogens is 256 g/mol. The maximum absolute atomic E-state index is 12.3. The lowest BCUT2D eigenvalue weighted by molar-refractivity contribution is -0.158. The molecule has 0 atom stereocenters. The fourth-order valence-electron chi connectivity index (χ4n) is 2.47. The normalized spacial score (nSPS) is 10.9. The largest absolute Gasteiger partial charge is 0.465 e. The van der Waals surface area contributed by atoms with E-state index in [0.717, 1.165) is 38.4 Å². The van der Waals surface area contributed by atoms with Gasteiger partial charge in [-0.25, -0.2) is 0 Å². The fourth-order valence-corrected chi connectivity index (χ4v) is 2.47. The SMILES string of the molecule is C=COC(=O)CCCOC(=O)C(CC)(CCC)CCC. The third-order valence-electron chi connectivity index (χ3n) is 3.54. The van der Waals surface area contributed by atoms with Crippen molar-refractivity contribution in [3.05, 3.63) is 12.8 Å². The molecule has 0 aromatic heterocycles. The van der Waals surface area contributed by atoms with Gasteiger partial charge in [0.2, 0.25) is 0 Å². The molecule has 0 saturated heterocycles. The molecule has 0 spiro atoms. The van der Waals surface area contributed by atoms with Crippen LogP contribution >= 0.6 is 0 Å². The van der Waals surface area contributed by atoms with Gasteiger partial charge in [0, 0.05) is 6.42 Å². The number of carbonyl (C=O) groups is 2. The molecule has 0 aliphatic rings. The lowest BCUT2D eigenvalue weighted by Gasteiger charge is -2.29. The summed E-state index contributed by atoms with van der Waals surface area (Å²) in [6.07, 6.45) is 6.27. The molecule has 0 N–H and O–H groups in total. The van der Waals surface area contributed by atoms with Crippen LogP contribution in [0.15, 0.2) is 12.8 Å². The molecule has 4 heteroatoms. The summed E-state index contributed by atoms with van der Waals surface area (Å²) in [6.45, 7) is 9.78. The first-order valence-electron chi connectivity index (χ1n) is 7.53. The quantitative estimate of drug-likeness (QED) is 0.327. The molecule has 0 heterocycles. The average molecular weight is 284 g/mol. The Balaban J connectivity index is 4.26. The van der Waals surface area contributed by atoms with Gasteiger partial charge in [0.1, 0.15) is 0 Å². The number of ether oxygens (including phenoxy) is 2. The number of hydrogen-bond donors (Lipinski definition) is 0. The Labute approximate surface area is 122 Å². The van der Waals surface area contributed by atoms with Crippen molar-refractivity contribution in [3.8, 4) is 0 Å². The van der Waals surface area contributed by atoms with Crippen molar-refractivity contribution < 1.29 is 19.1 Å². The first-order valence-corrected chi connectivity index (χ1v) is 7.53. The standard InChI is InChI=1S/C16H28O4/c1-5-11-16(7-3,12-6-2)15(18)20-13-9-10-14(17)19-8-4/h8H,4-7,9-13H2,1-3H3. The first-order chi connectivity index (χ1) is 9.56. The van der Waals surface area contributed by atoms with Crippen LogP contribution in [0.2, 0.25) is 0 Å². The highest BCUT2D eigenvalue weighted by atomic mass is 16.5. The molecule has 0 unspecified atom stereocenters. The Morgan fingerprint density at radius 1 is 1.15 bits per heavy atom. The second kappa shape index (κ2) is 10.5. The van der Waals surface area contributed by atoms with Crippen LogP contribution in [0.1, 0.15) is 65.7 Å². The summed E-state index contributed by atoms with van der Waals surface area (Å²) in [5.41, 5.74) is -0.356. The Morgan fingerprint density at radius 3 is 2.20 bits per heavy atom. The maximum Gasteiger partial charge on any atom is 0.312 e. The van der Waals surface area contributed by atoms with Crippen LogP contribution < -0.4 is 0 Å². The fraction of sp³-hybridized carbons (Fsp3) is 0.750. The summed E-state index contributed by atoms with van der Waals surface area (Å²) < 4.78 is 9.96. The van der Waals surface area contributed by atoms with Crippen molar-refractivity contribution in [2.45, 2.75) is 65.7 Å². The predicted octanol–water partition coefficient (Wildman–Crippen LogP) is 3.99. The second-order valence-electron chi connectivity index (χ2n) is 5.03. The Kier molecular flexibility index (Phi) is 9.77. The number of carbonyl (C=O) groups excluding carboxylic acids is 2. The monoisotopic (exact) mass is 284 g/mol. The van der Waals surface area contributed by atoms with Crippen molar-refractivity contribution in [2.75, 3.05) is 6.61 Å². The predicted molar refractivity (Wildman–Crippen MR) is 79.0 cm³/mol. The lowest BCUT2D eigenvalue weighted by Crippen LogP contribution is -2.32. The topological polar surface area (TPSA) is 52.6 Å². The van der Waals surface area contributed by atoms with Gasteiger partial charge in [-0.15, -0.1) is 0 Å². The minimum atomic E-state index is -0.356. The van der Waals surface area contributed by atoms with E-state index in [9.17, 15) is 9.59 Å². The highest BCUT2D eigenvalue weighted by Gasteiger charge is 2.36. The van der Waals surface area contributed by atoms with E-state index >= 15 is 0 Å². The van der Waals surface area contributed by atoms with Crippen LogP contribution in [0.3, 0.4) is 0 Å². The molecule has 0 aliphatic carbocycles. The molecular formula is C16H28O4. The molecule has 0 saturated carbocycles. The van der Waals surface area contributed by atoms with Crippen molar-refractivity contribution in [1.29, 1.82) is 0 Å². The van der Waals surface area contributed by atoms with Gasteiger partial charge in [0.05, 0.1) is 18.3 Å². The molecule has 0 rings (SSSR count). The van der Waals surface area contributed by atoms with Gasteiger partial charge in [-0.1, -0.05) is 40.2 Å². The molecule has 116 valence electrons. The summed E-state index contributed by atoms with van der Waals surface area (Å²) in [6, 6.07) is 0. The van der Waals surface area contributed by atoms with Crippen LogP contribution in [0.5, 0.6) is 0 Å². The minimum absolute atomic E-state index is 0.124. The molecule has 0 aromatic rings. The molecule has 0 fully saturated rings. The van der Waals surface area contributed by atoms with Crippen molar-refractivity contribution in [2.24, 2.45) is 5.41 Å². The summed E-state index contributed by atoms with van der Waals surface area (Å²) >= 11 is 0. The van der Waals surface area contributed by atoms with Gasteiger partial charge >= 0.3 is 11.9 Å². The van der Waals surface area contributed by atoms with Gasteiger partial charge in [-0.3, -0.25) is 9.59 Å². The van der Waals surface area contributed by atoms with Gasteiger partial charge < -0.3 is 9.47 Å². The minimum Gasteiger partial charge on any atom is -0.465 e. The lowest BCUT2D eigenvalue weighted by atomic mass is 9.77. The van der Waals surface area contributed by atoms with Gasteiger partial charge in [-0.05, 0) is 25.7 Å². The van der Waals surface area contributed by atoms with E-state index in [1.807, 2.05) is 6.92 Å². The average Bonchev–Trinajstić information content (AvgIpc) is 2.43. The van der Waals surface area contributed by atoms with Crippen molar-refractivity contribution in [1.82, 2.24) is 0 Å². The molecule has 0 bridgehead atoms. The second-order valence-corrected chi connectivity index (χ2v) is 5.03. The van der Waals surface area contributed by atoms with E-state index in [-0.39, 0.29) is 30.4 Å². The number of rotatable bonds is 11. The highest BCUT2D eigenvalue weighted by Crippen LogP contribution is 2.35. The van der Waals surface area contributed by atoms with Crippen LogP contribution in [0.25, 0.3) is 0 Å². The molecule has 4 nitrogen and oxygen atoms in total. The van der Waals surface area contributed by atoms with E-state index in [2.05, 4.69) is 25.2 Å². The highest BCUT2D eigenvalue weighted by molar-refractivity contribution is 5.76. The smallest absolute Gasteiger partial charge is 0.312 e. The van der Waals surface area contributed by atoms with Crippen LogP contribution in [0, 0.1) is 5.41 Å². The van der Waals surface area contributed by atoms with Gasteiger partial charge in [0.15, 0.2) is 0 Å². The molecule has 0 aromatic carbocycles. The zero-order valence-corrected chi connectivity index (χ0v) is 13.1. The maximum atomic E-state index is 12.3. The zero-order valence-electron chi connectivity index (χ0n) is 13.1. The van der Waals surface area contributed by atoms with Crippen molar-refractivity contribution in [3.63, 3.8) is 0 Å². The number of hydrogen-bond acceptors (Lipinski definition) is 4. The molecule has 0 radical (unpaired) electrons. The Hall–Kier alpha value is -1.32. The Morgan fingerprint density at radius 2 is 1.75 bits per heavy atom. The summed E-state index contributed by atoms with van der Waals surface area (Å²) in [4.78, 5) is 23.4. The summed E-state index contributed by atoms with van der Waals surface area (Å²) in [5.74, 6) is -0.472. The third-order valence-corrected chi connectivity index (χ3v) is 3.54. The Bertz CT molecular complexity index is 304. The van der Waals surface area contributed by atoms with E-state index in [1.165, 1.54) is 0 Å². The van der Waals surface area contributed by atoms with E-state index < -0.39 is 0 Å². The molecule has 20 heavy (non-hydrogen) atoms. The zero-order chi connectivity index (χ0) is 15.4. The van der Waals surface area contributed by atoms with E-state index in [0.29, 0.717) is 6.42 Å².